The van der Waals surface area contributed by atoms with Crippen molar-refractivity contribution in [3.05, 3.63) is 59.7 Å². The summed E-state index contributed by atoms with van der Waals surface area (Å²) in [4.78, 5) is 12.1. The molecule has 4 rings (SSSR count). The third-order valence-electron chi connectivity index (χ3n) is 5.60. The summed E-state index contributed by atoms with van der Waals surface area (Å²) in [7, 11) is 1.50. The molecule has 5 N–H and O–H groups in total. The Balaban J connectivity index is 1.65. The van der Waals surface area contributed by atoms with Crippen LogP contribution in [-0.4, -0.2) is 29.5 Å². The smallest absolute Gasteiger partial charge is 0.307 e. The second-order valence-corrected chi connectivity index (χ2v) is 7.03. The summed E-state index contributed by atoms with van der Waals surface area (Å²) >= 11 is 0. The zero-order valence-corrected chi connectivity index (χ0v) is 14.9. The first-order chi connectivity index (χ1) is 13.1. The molecule has 2 aromatic carbocycles. The molecule has 2 fully saturated rings. The Morgan fingerprint density at radius 3 is 2.59 bits per heavy atom. The molecule has 2 aromatic rings. The Bertz CT molecular complexity index is 829. The highest BCUT2D eigenvalue weighted by molar-refractivity contribution is 5.71. The van der Waals surface area contributed by atoms with E-state index in [1.807, 2.05) is 30.3 Å². The highest BCUT2D eigenvalue weighted by Gasteiger charge is 2.49. The molecule has 7 heteroatoms. The topological polar surface area (TPSA) is 103 Å². The molecule has 0 saturated carbocycles. The molecule has 5 atom stereocenters. The lowest BCUT2D eigenvalue weighted by Gasteiger charge is -2.39. The molecular weight excluding hydrogens is 346 g/mol. The quantitative estimate of drug-likeness (QED) is 0.561. The van der Waals surface area contributed by atoms with Gasteiger partial charge in [0.05, 0.1) is 25.2 Å². The molecule has 0 radical (unpaired) electrons. The standard InChI is InChI=1S/C20H23N3O4/c1-27-15-9-5-8-12(18(15)24)14-10-13(20(25)26)16-17(22-23-19(16)21-14)11-6-3-2-4-7-11/h2-9,13-14,16-17,19,21-24H,10H2,1H3,(H,25,26). The zero-order valence-electron chi connectivity index (χ0n) is 14.9. The fourth-order valence-electron chi connectivity index (χ4n) is 4.31. The largest absolute Gasteiger partial charge is 0.504 e. The normalized spacial score (nSPS) is 29.9. The predicted molar refractivity (Wildman–Crippen MR) is 99.0 cm³/mol. The Morgan fingerprint density at radius 1 is 1.11 bits per heavy atom. The minimum Gasteiger partial charge on any atom is -0.504 e. The van der Waals surface area contributed by atoms with Crippen molar-refractivity contribution in [3.63, 3.8) is 0 Å². The van der Waals surface area contributed by atoms with E-state index in [0.29, 0.717) is 17.7 Å². The Labute approximate surface area is 157 Å². The van der Waals surface area contributed by atoms with Gasteiger partial charge < -0.3 is 14.9 Å². The van der Waals surface area contributed by atoms with Crippen molar-refractivity contribution in [1.82, 2.24) is 16.2 Å². The number of rotatable bonds is 4. The molecule has 7 nitrogen and oxygen atoms in total. The number of para-hydroxylation sites is 1. The molecular formula is C20H23N3O4. The molecule has 27 heavy (non-hydrogen) atoms. The van der Waals surface area contributed by atoms with Gasteiger partial charge in [0, 0.05) is 17.5 Å². The van der Waals surface area contributed by atoms with Gasteiger partial charge >= 0.3 is 5.97 Å². The van der Waals surface area contributed by atoms with E-state index in [0.717, 1.165) is 5.56 Å². The molecule has 2 heterocycles. The highest BCUT2D eigenvalue weighted by Crippen LogP contribution is 2.45. The van der Waals surface area contributed by atoms with Crippen LogP contribution in [0.5, 0.6) is 11.5 Å². The van der Waals surface area contributed by atoms with Crippen LogP contribution in [0.25, 0.3) is 0 Å². The lowest BCUT2D eigenvalue weighted by molar-refractivity contribution is -0.146. The number of aliphatic carboxylic acids is 1. The van der Waals surface area contributed by atoms with E-state index < -0.39 is 11.9 Å². The van der Waals surface area contributed by atoms with Crippen molar-refractivity contribution < 1.29 is 19.7 Å². The summed E-state index contributed by atoms with van der Waals surface area (Å²) in [5.74, 6) is -1.13. The molecule has 0 amide bonds. The van der Waals surface area contributed by atoms with Crippen LogP contribution in [0.3, 0.4) is 0 Å². The van der Waals surface area contributed by atoms with Crippen LogP contribution in [0.4, 0.5) is 0 Å². The van der Waals surface area contributed by atoms with Gasteiger partial charge in [-0.25, -0.2) is 10.9 Å². The second kappa shape index (κ2) is 7.19. The average molecular weight is 369 g/mol. The molecule has 2 aliphatic heterocycles. The summed E-state index contributed by atoms with van der Waals surface area (Å²) < 4.78 is 5.19. The van der Waals surface area contributed by atoms with Gasteiger partial charge in [0.1, 0.15) is 0 Å². The zero-order chi connectivity index (χ0) is 19.0. The maximum Gasteiger partial charge on any atom is 0.307 e. The van der Waals surface area contributed by atoms with Gasteiger partial charge in [0.15, 0.2) is 11.5 Å². The minimum atomic E-state index is -0.828. The van der Waals surface area contributed by atoms with Crippen molar-refractivity contribution in [2.24, 2.45) is 11.8 Å². The summed E-state index contributed by atoms with van der Waals surface area (Å²) in [5, 5.41) is 23.9. The van der Waals surface area contributed by atoms with Gasteiger partial charge in [-0.2, -0.15) is 0 Å². The average Bonchev–Trinajstić information content (AvgIpc) is 3.12. The first kappa shape index (κ1) is 17.8. The van der Waals surface area contributed by atoms with Crippen LogP contribution in [0.2, 0.25) is 0 Å². The number of aromatic hydroxyl groups is 1. The van der Waals surface area contributed by atoms with Gasteiger partial charge in [-0.05, 0) is 18.1 Å². The summed E-state index contributed by atoms with van der Waals surface area (Å²) in [6.45, 7) is 0. The third-order valence-corrected chi connectivity index (χ3v) is 5.60. The number of carboxylic acid groups (broad SMARTS) is 1. The van der Waals surface area contributed by atoms with Crippen molar-refractivity contribution >= 4 is 5.97 Å². The van der Waals surface area contributed by atoms with Crippen molar-refractivity contribution in [3.8, 4) is 11.5 Å². The number of ether oxygens (including phenoxy) is 1. The molecule has 5 unspecified atom stereocenters. The van der Waals surface area contributed by atoms with E-state index in [2.05, 4.69) is 16.2 Å². The van der Waals surface area contributed by atoms with Crippen LogP contribution in [0, 0.1) is 11.8 Å². The van der Waals surface area contributed by atoms with Crippen molar-refractivity contribution in [2.45, 2.75) is 24.7 Å². The SMILES string of the molecule is COc1cccc(C2CC(C(=O)O)C3C(NNC3c3ccccc3)N2)c1O. The first-order valence-electron chi connectivity index (χ1n) is 9.01. The van der Waals surface area contributed by atoms with Crippen LogP contribution >= 0.6 is 0 Å². The Hall–Kier alpha value is -2.61. The maximum absolute atomic E-state index is 12.1. The van der Waals surface area contributed by atoms with Crippen LogP contribution in [0.15, 0.2) is 48.5 Å². The number of hydrogen-bond donors (Lipinski definition) is 5. The molecule has 0 aliphatic carbocycles. The lowest BCUT2D eigenvalue weighted by atomic mass is 9.74. The van der Waals surface area contributed by atoms with E-state index in [-0.39, 0.29) is 29.9 Å². The predicted octanol–water partition coefficient (Wildman–Crippen LogP) is 1.93. The van der Waals surface area contributed by atoms with E-state index in [1.165, 1.54) is 7.11 Å². The number of phenols is 1. The number of hydrogen-bond acceptors (Lipinski definition) is 6. The van der Waals surface area contributed by atoms with E-state index in [1.54, 1.807) is 18.2 Å². The van der Waals surface area contributed by atoms with E-state index in [4.69, 9.17) is 4.74 Å². The number of carbonyl (C=O) groups is 1. The number of benzene rings is 2. The maximum atomic E-state index is 12.1. The van der Waals surface area contributed by atoms with Gasteiger partial charge in [-0.1, -0.05) is 42.5 Å². The lowest BCUT2D eigenvalue weighted by Crippen LogP contribution is -2.53. The third kappa shape index (κ3) is 3.14. The van der Waals surface area contributed by atoms with Crippen molar-refractivity contribution in [2.75, 3.05) is 7.11 Å². The number of fused-ring (bicyclic) bond motifs is 1. The summed E-state index contributed by atoms with van der Waals surface area (Å²) in [6.07, 6.45) is 0.143. The Morgan fingerprint density at radius 2 is 1.89 bits per heavy atom. The summed E-state index contributed by atoms with van der Waals surface area (Å²) in [5.41, 5.74) is 8.14. The van der Waals surface area contributed by atoms with Crippen LogP contribution < -0.4 is 20.9 Å². The molecule has 0 aromatic heterocycles. The van der Waals surface area contributed by atoms with E-state index in [9.17, 15) is 15.0 Å². The van der Waals surface area contributed by atoms with Crippen LogP contribution in [-0.2, 0) is 4.79 Å². The first-order valence-corrected chi connectivity index (χ1v) is 9.01. The molecule has 0 spiro atoms. The number of carboxylic acids is 1. The fraction of sp³-hybridized carbons (Fsp3) is 0.350. The van der Waals surface area contributed by atoms with Crippen LogP contribution in [0.1, 0.15) is 29.6 Å². The van der Waals surface area contributed by atoms with Gasteiger partial charge in [-0.3, -0.25) is 10.1 Å². The molecule has 2 saturated heterocycles. The minimum absolute atomic E-state index is 0.0469. The number of nitrogens with one attached hydrogen (secondary N) is 3. The fourth-order valence-corrected chi connectivity index (χ4v) is 4.31. The van der Waals surface area contributed by atoms with Crippen molar-refractivity contribution in [1.29, 1.82) is 0 Å². The van der Waals surface area contributed by atoms with Gasteiger partial charge in [0.2, 0.25) is 0 Å². The number of methoxy groups -OCH3 is 1. The molecule has 2 aliphatic rings. The van der Waals surface area contributed by atoms with Gasteiger partial charge in [0.25, 0.3) is 0 Å². The summed E-state index contributed by atoms with van der Waals surface area (Å²) in [6, 6.07) is 14.7. The van der Waals surface area contributed by atoms with E-state index >= 15 is 0 Å². The molecule has 0 bridgehead atoms. The number of phenolic OH excluding ortho intramolecular Hbond substituents is 1. The molecule has 142 valence electrons. The van der Waals surface area contributed by atoms with Gasteiger partial charge in [-0.15, -0.1) is 0 Å². The Kier molecular flexibility index (Phi) is 4.73. The number of hydrazine groups is 1. The highest BCUT2D eigenvalue weighted by atomic mass is 16.5. The monoisotopic (exact) mass is 369 g/mol. The number of piperidine rings is 1. The second-order valence-electron chi connectivity index (χ2n) is 7.03.